The Morgan fingerprint density at radius 3 is 2.27 bits per heavy atom. The average Bonchev–Trinajstić information content (AvgIpc) is 3.36. The Bertz CT molecular complexity index is 1420. The van der Waals surface area contributed by atoms with Gasteiger partial charge in [0.05, 0.1) is 11.4 Å². The van der Waals surface area contributed by atoms with Gasteiger partial charge in [-0.1, -0.05) is 45.0 Å². The molecule has 0 unspecified atom stereocenters. The molecular formula is C32H37N5O3. The third-order valence-electron chi connectivity index (χ3n) is 6.88. The molecule has 1 atom stereocenters. The van der Waals surface area contributed by atoms with Crippen molar-refractivity contribution in [2.75, 3.05) is 0 Å². The van der Waals surface area contributed by atoms with Gasteiger partial charge in [-0.15, -0.1) is 0 Å². The summed E-state index contributed by atoms with van der Waals surface area (Å²) in [6, 6.07) is 20.1. The lowest BCUT2D eigenvalue weighted by Gasteiger charge is -2.19. The molecule has 2 amide bonds. The van der Waals surface area contributed by atoms with Gasteiger partial charge in [0.2, 0.25) is 11.8 Å². The van der Waals surface area contributed by atoms with Crippen molar-refractivity contribution in [3.05, 3.63) is 95.9 Å². The number of unbranched alkanes of at least 4 members (excludes halogenated alkanes) is 1. The summed E-state index contributed by atoms with van der Waals surface area (Å²) in [6.45, 7) is 6.58. The zero-order valence-electron chi connectivity index (χ0n) is 23.3. The van der Waals surface area contributed by atoms with Crippen LogP contribution in [-0.2, 0) is 27.8 Å². The Kier molecular flexibility index (Phi) is 8.99. The van der Waals surface area contributed by atoms with Crippen molar-refractivity contribution < 1.29 is 14.7 Å². The number of aromatic hydroxyl groups is 1. The van der Waals surface area contributed by atoms with Crippen molar-refractivity contribution in [3.8, 4) is 22.7 Å². The number of hydrogen-bond acceptors (Lipinski definition) is 5. The van der Waals surface area contributed by atoms with E-state index in [-0.39, 0.29) is 29.9 Å². The topological polar surface area (TPSA) is 123 Å². The molecule has 0 radical (unpaired) electrons. The number of amides is 2. The van der Waals surface area contributed by atoms with Crippen LogP contribution in [0.3, 0.4) is 0 Å². The number of carbonyl (C=O) groups excluding carboxylic acids is 2. The van der Waals surface area contributed by atoms with Gasteiger partial charge in [-0.25, -0.2) is 4.68 Å². The molecule has 0 aliphatic heterocycles. The van der Waals surface area contributed by atoms with Crippen LogP contribution in [0.25, 0.3) is 16.9 Å². The van der Waals surface area contributed by atoms with Gasteiger partial charge in [0.25, 0.3) is 0 Å². The number of nitrogens with one attached hydrogen (secondary N) is 1. The van der Waals surface area contributed by atoms with Gasteiger partial charge in [-0.3, -0.25) is 14.6 Å². The minimum absolute atomic E-state index is 0.0613. The zero-order valence-corrected chi connectivity index (χ0v) is 23.3. The highest BCUT2D eigenvalue weighted by Crippen LogP contribution is 2.26. The molecule has 4 N–H and O–H groups in total. The van der Waals surface area contributed by atoms with Crippen LogP contribution in [0, 0.1) is 0 Å². The number of pyridine rings is 1. The Morgan fingerprint density at radius 1 is 0.975 bits per heavy atom. The van der Waals surface area contributed by atoms with E-state index in [1.807, 2.05) is 16.8 Å². The highest BCUT2D eigenvalue weighted by molar-refractivity contribution is 5.86. The predicted octanol–water partition coefficient (Wildman–Crippen LogP) is 4.86. The molecule has 0 spiro atoms. The lowest BCUT2D eigenvalue weighted by Crippen LogP contribution is -2.45. The van der Waals surface area contributed by atoms with Crippen molar-refractivity contribution in [2.45, 2.75) is 64.3 Å². The second-order valence-corrected chi connectivity index (χ2v) is 11.1. The number of carbonyl (C=O) groups is 2. The lowest BCUT2D eigenvalue weighted by atomic mass is 9.87. The van der Waals surface area contributed by atoms with Gasteiger partial charge in [-0.05, 0) is 78.3 Å². The fraction of sp³-hybridized carbons (Fsp3) is 0.312. The minimum Gasteiger partial charge on any atom is -0.508 e. The van der Waals surface area contributed by atoms with Gasteiger partial charge >= 0.3 is 0 Å². The van der Waals surface area contributed by atoms with Gasteiger partial charge in [0.1, 0.15) is 11.8 Å². The number of phenols is 1. The maximum atomic E-state index is 12.6. The number of benzene rings is 2. The molecule has 8 heteroatoms. The second-order valence-electron chi connectivity index (χ2n) is 11.1. The molecule has 8 nitrogen and oxygen atoms in total. The molecule has 0 aliphatic carbocycles. The first-order chi connectivity index (χ1) is 19.1. The van der Waals surface area contributed by atoms with Crippen LogP contribution < -0.4 is 11.1 Å². The third-order valence-corrected chi connectivity index (χ3v) is 6.88. The van der Waals surface area contributed by atoms with Gasteiger partial charge in [0, 0.05) is 36.5 Å². The number of phenolic OH excluding ortho intramolecular Hbond substituents is 1. The monoisotopic (exact) mass is 539 g/mol. The van der Waals surface area contributed by atoms with Crippen molar-refractivity contribution in [1.29, 1.82) is 0 Å². The molecule has 0 saturated heterocycles. The van der Waals surface area contributed by atoms with E-state index in [1.165, 1.54) is 5.56 Å². The maximum absolute atomic E-state index is 12.6. The summed E-state index contributed by atoms with van der Waals surface area (Å²) in [6.07, 6.45) is 6.22. The van der Waals surface area contributed by atoms with Crippen molar-refractivity contribution >= 4 is 11.8 Å². The third kappa shape index (κ3) is 7.56. The van der Waals surface area contributed by atoms with E-state index in [9.17, 15) is 14.7 Å². The smallest absolute Gasteiger partial charge is 0.240 e. The van der Waals surface area contributed by atoms with Crippen LogP contribution in [0.1, 0.15) is 56.9 Å². The molecule has 2 aromatic carbocycles. The van der Waals surface area contributed by atoms with E-state index < -0.39 is 11.9 Å². The number of nitrogens with two attached hydrogens (primary N) is 1. The normalized spacial score (nSPS) is 12.2. The van der Waals surface area contributed by atoms with Crippen LogP contribution in [0.5, 0.6) is 5.75 Å². The standard InChI is InChI=1S/C32H37N5O3/c1-32(2,3)24-10-12-25(13-11-24)37-26(21-28(36-37)23-16-18-34-19-17-23)6-4-5-7-30(39)35-29(31(33)40)20-22-8-14-27(38)15-9-22/h8-19,21,29,38H,4-7,20H2,1-3H3,(H2,33,40)(H,35,39)/t29-/m0/s1. The van der Waals surface area contributed by atoms with E-state index >= 15 is 0 Å². The summed E-state index contributed by atoms with van der Waals surface area (Å²) >= 11 is 0. The number of aryl methyl sites for hydroxylation is 1. The summed E-state index contributed by atoms with van der Waals surface area (Å²) < 4.78 is 1.98. The fourth-order valence-electron chi connectivity index (χ4n) is 4.54. The first-order valence-electron chi connectivity index (χ1n) is 13.6. The van der Waals surface area contributed by atoms with Gasteiger partial charge < -0.3 is 16.2 Å². The lowest BCUT2D eigenvalue weighted by molar-refractivity contribution is -0.127. The molecule has 0 saturated carbocycles. The molecule has 0 aliphatic rings. The number of hydrogen-bond donors (Lipinski definition) is 3. The summed E-state index contributed by atoms with van der Waals surface area (Å²) in [5, 5.41) is 17.1. The van der Waals surface area contributed by atoms with Crippen LogP contribution in [0.4, 0.5) is 0 Å². The highest BCUT2D eigenvalue weighted by atomic mass is 16.3. The SMILES string of the molecule is CC(C)(C)c1ccc(-n2nc(-c3ccncc3)cc2CCCCC(=O)N[C@@H](Cc2ccc(O)cc2)C(N)=O)cc1. The van der Waals surface area contributed by atoms with Crippen molar-refractivity contribution in [3.63, 3.8) is 0 Å². The first-order valence-corrected chi connectivity index (χ1v) is 13.6. The van der Waals surface area contributed by atoms with Crippen molar-refractivity contribution in [1.82, 2.24) is 20.1 Å². The molecule has 4 aromatic rings. The Hall–Kier alpha value is -4.46. The van der Waals surface area contributed by atoms with Crippen molar-refractivity contribution in [2.24, 2.45) is 5.73 Å². The van der Waals surface area contributed by atoms with Crippen LogP contribution in [0.2, 0.25) is 0 Å². The molecule has 2 aromatic heterocycles. The quantitative estimate of drug-likeness (QED) is 0.235. The molecule has 4 rings (SSSR count). The number of nitrogens with zero attached hydrogens (tertiary/aromatic N) is 3. The van der Waals surface area contributed by atoms with Gasteiger partial charge in [0.15, 0.2) is 0 Å². The highest BCUT2D eigenvalue weighted by Gasteiger charge is 2.19. The van der Waals surface area contributed by atoms with E-state index in [0.717, 1.165) is 41.0 Å². The van der Waals surface area contributed by atoms with Crippen LogP contribution >= 0.6 is 0 Å². The Labute approximate surface area is 235 Å². The van der Waals surface area contributed by atoms with Gasteiger partial charge in [-0.2, -0.15) is 5.10 Å². The predicted molar refractivity (Wildman–Crippen MR) is 156 cm³/mol. The number of primary amides is 1. The first kappa shape index (κ1) is 28.5. The largest absolute Gasteiger partial charge is 0.508 e. The number of aromatic nitrogens is 3. The van der Waals surface area contributed by atoms with Crippen LogP contribution in [-0.4, -0.2) is 37.7 Å². The molecule has 0 fully saturated rings. The molecular weight excluding hydrogens is 502 g/mol. The van der Waals surface area contributed by atoms with E-state index in [2.05, 4.69) is 61.4 Å². The summed E-state index contributed by atoms with van der Waals surface area (Å²) in [7, 11) is 0. The second kappa shape index (κ2) is 12.6. The maximum Gasteiger partial charge on any atom is 0.240 e. The molecule has 40 heavy (non-hydrogen) atoms. The minimum atomic E-state index is -0.808. The molecule has 2 heterocycles. The van der Waals surface area contributed by atoms with Crippen LogP contribution in [0.15, 0.2) is 79.1 Å². The zero-order chi connectivity index (χ0) is 28.7. The van der Waals surface area contributed by atoms with E-state index in [4.69, 9.17) is 10.8 Å². The van der Waals surface area contributed by atoms with E-state index in [0.29, 0.717) is 6.42 Å². The molecule has 208 valence electrons. The fourth-order valence-corrected chi connectivity index (χ4v) is 4.54. The molecule has 0 bridgehead atoms. The Balaban J connectivity index is 1.40. The summed E-state index contributed by atoms with van der Waals surface area (Å²) in [5.41, 5.74) is 11.6. The Morgan fingerprint density at radius 2 is 1.65 bits per heavy atom. The summed E-state index contributed by atoms with van der Waals surface area (Å²) in [4.78, 5) is 28.7. The average molecular weight is 540 g/mol. The summed E-state index contributed by atoms with van der Waals surface area (Å²) in [5.74, 6) is -0.669. The number of rotatable bonds is 11. The van der Waals surface area contributed by atoms with E-state index in [1.54, 1.807) is 36.7 Å².